The summed E-state index contributed by atoms with van der Waals surface area (Å²) < 4.78 is 7.13. The van der Waals surface area contributed by atoms with Gasteiger partial charge >= 0.3 is 0 Å². The number of nitrogens with one attached hydrogen (secondary N) is 1. The second-order valence-electron chi connectivity index (χ2n) is 5.77. The van der Waals surface area contributed by atoms with Gasteiger partial charge in [-0.2, -0.15) is 5.10 Å². The third-order valence-corrected chi connectivity index (χ3v) is 4.12. The highest BCUT2D eigenvalue weighted by atomic mass is 16.3. The number of hydrogen-bond acceptors (Lipinski definition) is 4. The van der Waals surface area contributed by atoms with Crippen molar-refractivity contribution in [3.8, 4) is 11.3 Å². The molecular weight excluding hydrogens is 304 g/mol. The van der Waals surface area contributed by atoms with E-state index in [1.54, 1.807) is 6.20 Å². The molecule has 0 aliphatic rings. The van der Waals surface area contributed by atoms with Crippen LogP contribution in [-0.2, 0) is 18.3 Å². The molecule has 1 N–H and O–H groups in total. The van der Waals surface area contributed by atoms with Crippen molar-refractivity contribution in [2.24, 2.45) is 7.05 Å². The van der Waals surface area contributed by atoms with Gasteiger partial charge in [0, 0.05) is 30.4 Å². The molecule has 0 aliphatic heterocycles. The fourth-order valence-corrected chi connectivity index (χ4v) is 2.75. The molecular formula is C18H20N4O2. The molecule has 2 heterocycles. The van der Waals surface area contributed by atoms with Crippen LogP contribution in [0.25, 0.3) is 11.3 Å². The Morgan fingerprint density at radius 2 is 2.17 bits per heavy atom. The molecule has 24 heavy (non-hydrogen) atoms. The topological polar surface area (TPSA) is 73.0 Å². The Bertz CT molecular complexity index is 850. The Balaban J connectivity index is 1.64. The summed E-state index contributed by atoms with van der Waals surface area (Å²) in [7, 11) is 1.92. The van der Waals surface area contributed by atoms with E-state index in [1.807, 2.05) is 49.8 Å². The van der Waals surface area contributed by atoms with E-state index >= 15 is 0 Å². The van der Waals surface area contributed by atoms with Crippen molar-refractivity contribution in [2.45, 2.75) is 26.7 Å². The van der Waals surface area contributed by atoms with Crippen molar-refractivity contribution in [1.82, 2.24) is 14.8 Å². The summed E-state index contributed by atoms with van der Waals surface area (Å²) in [5, 5.41) is 7.31. The van der Waals surface area contributed by atoms with Crippen molar-refractivity contribution in [3.05, 3.63) is 53.8 Å². The summed E-state index contributed by atoms with van der Waals surface area (Å²) in [6.45, 7) is 4.00. The van der Waals surface area contributed by atoms with Crippen molar-refractivity contribution in [3.63, 3.8) is 0 Å². The summed E-state index contributed by atoms with van der Waals surface area (Å²) in [6, 6.07) is 7.53. The minimum Gasteiger partial charge on any atom is -0.444 e. The van der Waals surface area contributed by atoms with Crippen molar-refractivity contribution in [1.29, 1.82) is 0 Å². The number of amides is 1. The second kappa shape index (κ2) is 6.70. The van der Waals surface area contributed by atoms with E-state index in [-0.39, 0.29) is 5.91 Å². The third kappa shape index (κ3) is 3.37. The number of oxazole rings is 1. The number of benzene rings is 1. The molecule has 6 nitrogen and oxygen atoms in total. The monoisotopic (exact) mass is 324 g/mol. The second-order valence-corrected chi connectivity index (χ2v) is 5.77. The number of carbonyl (C=O) groups excluding carboxylic acids is 1. The van der Waals surface area contributed by atoms with Crippen LogP contribution < -0.4 is 5.32 Å². The van der Waals surface area contributed by atoms with Gasteiger partial charge < -0.3 is 9.73 Å². The van der Waals surface area contributed by atoms with Crippen LogP contribution in [0.2, 0.25) is 0 Å². The fourth-order valence-electron chi connectivity index (χ4n) is 2.75. The highest BCUT2D eigenvalue weighted by molar-refractivity contribution is 5.91. The minimum atomic E-state index is -0.0210. The Hall–Kier alpha value is -2.89. The smallest absolute Gasteiger partial charge is 0.224 e. The Morgan fingerprint density at radius 1 is 1.33 bits per heavy atom. The lowest BCUT2D eigenvalue weighted by molar-refractivity contribution is -0.116. The van der Waals surface area contributed by atoms with E-state index in [9.17, 15) is 4.79 Å². The van der Waals surface area contributed by atoms with E-state index in [0.29, 0.717) is 18.6 Å². The zero-order valence-electron chi connectivity index (χ0n) is 14.0. The Kier molecular flexibility index (Phi) is 4.46. The molecule has 0 fully saturated rings. The molecule has 6 heteroatoms. The van der Waals surface area contributed by atoms with Gasteiger partial charge in [0.1, 0.15) is 0 Å². The van der Waals surface area contributed by atoms with Crippen molar-refractivity contribution < 1.29 is 9.21 Å². The van der Waals surface area contributed by atoms with Crippen LogP contribution in [0.3, 0.4) is 0 Å². The molecule has 1 aromatic carbocycles. The predicted octanol–water partition coefficient (Wildman–Crippen LogP) is 3.26. The van der Waals surface area contributed by atoms with Gasteiger partial charge in [-0.05, 0) is 38.0 Å². The van der Waals surface area contributed by atoms with Gasteiger partial charge in [-0.1, -0.05) is 12.1 Å². The van der Waals surface area contributed by atoms with E-state index in [2.05, 4.69) is 15.4 Å². The third-order valence-electron chi connectivity index (χ3n) is 4.12. The molecule has 3 aromatic rings. The fraction of sp³-hybridized carbons (Fsp3) is 0.278. The first-order valence-electron chi connectivity index (χ1n) is 7.82. The number of hydrogen-bond donors (Lipinski definition) is 1. The van der Waals surface area contributed by atoms with Gasteiger partial charge in [-0.25, -0.2) is 4.98 Å². The summed E-state index contributed by atoms with van der Waals surface area (Å²) in [5.41, 5.74) is 4.85. The molecule has 3 rings (SSSR count). The molecule has 0 radical (unpaired) electrons. The molecule has 1 amide bonds. The quantitative estimate of drug-likeness (QED) is 0.782. The SMILES string of the molecule is Cc1nn(C)c(C)c1CCC(=O)Nc1cccc(-c2cnco2)c1. The largest absolute Gasteiger partial charge is 0.444 e. The summed E-state index contributed by atoms with van der Waals surface area (Å²) in [4.78, 5) is 16.1. The van der Waals surface area contributed by atoms with Crippen LogP contribution in [0.15, 0.2) is 41.3 Å². The number of carbonyl (C=O) groups is 1. The molecule has 0 bridgehead atoms. The number of nitrogens with zero attached hydrogens (tertiary/aromatic N) is 3. The predicted molar refractivity (Wildman–Crippen MR) is 91.6 cm³/mol. The number of aryl methyl sites for hydroxylation is 2. The summed E-state index contributed by atoms with van der Waals surface area (Å²) in [6.07, 6.45) is 4.13. The van der Waals surface area contributed by atoms with Gasteiger partial charge in [0.2, 0.25) is 5.91 Å². The van der Waals surface area contributed by atoms with Crippen LogP contribution in [0.4, 0.5) is 5.69 Å². The first kappa shape index (κ1) is 16.0. The van der Waals surface area contributed by atoms with Gasteiger partial charge in [0.25, 0.3) is 0 Å². The number of aromatic nitrogens is 3. The van der Waals surface area contributed by atoms with E-state index in [1.165, 1.54) is 6.39 Å². The lowest BCUT2D eigenvalue weighted by atomic mass is 10.1. The number of anilines is 1. The van der Waals surface area contributed by atoms with Crippen LogP contribution in [0, 0.1) is 13.8 Å². The van der Waals surface area contributed by atoms with Gasteiger partial charge in [0.15, 0.2) is 12.2 Å². The molecule has 0 saturated heterocycles. The average molecular weight is 324 g/mol. The molecule has 124 valence electrons. The zero-order valence-corrected chi connectivity index (χ0v) is 14.0. The molecule has 0 spiro atoms. The maximum Gasteiger partial charge on any atom is 0.224 e. The van der Waals surface area contributed by atoms with Gasteiger partial charge in [-0.15, -0.1) is 0 Å². The van der Waals surface area contributed by atoms with Crippen LogP contribution in [-0.4, -0.2) is 20.7 Å². The zero-order chi connectivity index (χ0) is 17.1. The lowest BCUT2D eigenvalue weighted by Crippen LogP contribution is -2.12. The summed E-state index contributed by atoms with van der Waals surface area (Å²) in [5.74, 6) is 0.653. The molecule has 0 atom stereocenters. The molecule has 0 aliphatic carbocycles. The maximum absolute atomic E-state index is 12.2. The minimum absolute atomic E-state index is 0.0210. The van der Waals surface area contributed by atoms with Crippen LogP contribution in [0.5, 0.6) is 0 Å². The molecule has 0 saturated carbocycles. The Morgan fingerprint density at radius 3 is 2.83 bits per heavy atom. The standard InChI is InChI=1S/C18H20N4O2/c1-12-16(13(2)22(3)21-12)7-8-18(23)20-15-6-4-5-14(9-15)17-10-19-11-24-17/h4-6,9-11H,7-8H2,1-3H3,(H,20,23). The van der Waals surface area contributed by atoms with E-state index < -0.39 is 0 Å². The van der Waals surface area contributed by atoms with Gasteiger partial charge in [-0.3, -0.25) is 9.48 Å². The van der Waals surface area contributed by atoms with Crippen LogP contribution in [0.1, 0.15) is 23.4 Å². The van der Waals surface area contributed by atoms with E-state index in [4.69, 9.17) is 4.42 Å². The lowest BCUT2D eigenvalue weighted by Gasteiger charge is -2.07. The Labute approximate surface area is 140 Å². The maximum atomic E-state index is 12.2. The van der Waals surface area contributed by atoms with Crippen molar-refractivity contribution >= 4 is 11.6 Å². The normalized spacial score (nSPS) is 10.8. The highest BCUT2D eigenvalue weighted by Gasteiger charge is 2.12. The van der Waals surface area contributed by atoms with Gasteiger partial charge in [0.05, 0.1) is 11.9 Å². The first-order chi connectivity index (χ1) is 11.5. The molecule has 0 unspecified atom stereocenters. The van der Waals surface area contributed by atoms with Crippen molar-refractivity contribution in [2.75, 3.05) is 5.32 Å². The molecule has 2 aromatic heterocycles. The average Bonchev–Trinajstić information content (AvgIpc) is 3.16. The first-order valence-corrected chi connectivity index (χ1v) is 7.82. The summed E-state index contributed by atoms with van der Waals surface area (Å²) >= 11 is 0. The van der Waals surface area contributed by atoms with E-state index in [0.717, 1.165) is 28.2 Å². The van der Waals surface area contributed by atoms with Crippen LogP contribution >= 0.6 is 0 Å². The number of rotatable bonds is 5. The highest BCUT2D eigenvalue weighted by Crippen LogP contribution is 2.22.